The summed E-state index contributed by atoms with van der Waals surface area (Å²) < 4.78 is 7.60. The Morgan fingerprint density at radius 1 is 1.37 bits per heavy atom. The van der Waals surface area contributed by atoms with Gasteiger partial charge in [-0.2, -0.15) is 5.10 Å². The molecule has 0 fully saturated rings. The Morgan fingerprint density at radius 2 is 2.21 bits per heavy atom. The van der Waals surface area contributed by atoms with E-state index in [-0.39, 0.29) is 6.04 Å². The van der Waals surface area contributed by atoms with Crippen LogP contribution in [0.4, 0.5) is 0 Å². The highest BCUT2D eigenvalue weighted by Crippen LogP contribution is 2.25. The number of hydrazine groups is 1. The molecule has 3 rings (SSSR count). The monoisotopic (exact) mass is 256 g/mol. The number of benzene rings is 1. The second kappa shape index (κ2) is 4.87. The summed E-state index contributed by atoms with van der Waals surface area (Å²) in [6.07, 6.45) is 2.61. The number of fused-ring (bicyclic) bond motifs is 1. The van der Waals surface area contributed by atoms with Crippen molar-refractivity contribution in [3.63, 3.8) is 0 Å². The molecule has 0 saturated heterocycles. The first-order valence-electron chi connectivity index (χ1n) is 6.19. The van der Waals surface area contributed by atoms with Crippen LogP contribution in [0.2, 0.25) is 0 Å². The van der Waals surface area contributed by atoms with Crippen LogP contribution in [0, 0.1) is 0 Å². The van der Waals surface area contributed by atoms with Crippen LogP contribution in [0.15, 0.2) is 47.0 Å². The van der Waals surface area contributed by atoms with Gasteiger partial charge < -0.3 is 4.42 Å². The van der Waals surface area contributed by atoms with E-state index in [1.807, 2.05) is 49.6 Å². The van der Waals surface area contributed by atoms with E-state index in [2.05, 4.69) is 10.5 Å². The molecule has 0 aliphatic rings. The van der Waals surface area contributed by atoms with Crippen LogP contribution in [0.5, 0.6) is 0 Å². The zero-order valence-corrected chi connectivity index (χ0v) is 10.7. The molecule has 1 aromatic carbocycles. The van der Waals surface area contributed by atoms with E-state index < -0.39 is 0 Å². The summed E-state index contributed by atoms with van der Waals surface area (Å²) in [5.74, 6) is 6.46. The summed E-state index contributed by atoms with van der Waals surface area (Å²) in [6, 6.07) is 11.8. The van der Waals surface area contributed by atoms with Crippen molar-refractivity contribution in [2.24, 2.45) is 12.9 Å². The van der Waals surface area contributed by atoms with Gasteiger partial charge in [0.15, 0.2) is 0 Å². The Balaban J connectivity index is 1.88. The smallest absolute Gasteiger partial charge is 0.134 e. The summed E-state index contributed by atoms with van der Waals surface area (Å²) in [7, 11) is 1.90. The molecule has 0 bridgehead atoms. The van der Waals surface area contributed by atoms with E-state index >= 15 is 0 Å². The van der Waals surface area contributed by atoms with Crippen LogP contribution in [0.25, 0.3) is 11.0 Å². The third kappa shape index (κ3) is 2.38. The lowest BCUT2D eigenvalue weighted by molar-refractivity contribution is 0.431. The number of nitrogens with one attached hydrogen (secondary N) is 1. The number of hydrogen-bond donors (Lipinski definition) is 2. The van der Waals surface area contributed by atoms with Gasteiger partial charge in [-0.05, 0) is 18.2 Å². The van der Waals surface area contributed by atoms with Gasteiger partial charge in [-0.25, -0.2) is 5.43 Å². The summed E-state index contributed by atoms with van der Waals surface area (Å²) in [4.78, 5) is 0. The van der Waals surface area contributed by atoms with Crippen LogP contribution in [-0.2, 0) is 13.5 Å². The Kier molecular flexibility index (Phi) is 3.06. The minimum atomic E-state index is -0.0812. The summed E-state index contributed by atoms with van der Waals surface area (Å²) in [5.41, 5.74) is 4.65. The lowest BCUT2D eigenvalue weighted by Gasteiger charge is -2.11. The Bertz CT molecular complexity index is 652. The first kappa shape index (κ1) is 12.0. The Morgan fingerprint density at radius 3 is 2.89 bits per heavy atom. The minimum Gasteiger partial charge on any atom is -0.459 e. The van der Waals surface area contributed by atoms with Crippen LogP contribution in [0.3, 0.4) is 0 Å². The molecule has 0 saturated carbocycles. The first-order chi connectivity index (χ1) is 9.26. The maximum absolute atomic E-state index is 5.82. The quantitative estimate of drug-likeness (QED) is 0.552. The lowest BCUT2D eigenvalue weighted by atomic mass is 10.1. The van der Waals surface area contributed by atoms with E-state index in [0.29, 0.717) is 6.42 Å². The molecule has 0 amide bonds. The summed E-state index contributed by atoms with van der Waals surface area (Å²) in [5, 5.41) is 5.44. The number of hydrogen-bond acceptors (Lipinski definition) is 4. The van der Waals surface area contributed by atoms with Crippen LogP contribution >= 0.6 is 0 Å². The van der Waals surface area contributed by atoms with Gasteiger partial charge in [0.25, 0.3) is 0 Å². The summed E-state index contributed by atoms with van der Waals surface area (Å²) >= 11 is 0. The minimum absolute atomic E-state index is 0.0812. The fraction of sp³-hybridized carbons (Fsp3) is 0.214. The number of nitrogens with two attached hydrogens (primary N) is 1. The number of furan rings is 1. The van der Waals surface area contributed by atoms with Crippen LogP contribution < -0.4 is 11.3 Å². The second-order valence-electron chi connectivity index (χ2n) is 4.59. The predicted molar refractivity (Wildman–Crippen MR) is 73.2 cm³/mol. The Hall–Kier alpha value is -2.11. The zero-order valence-electron chi connectivity index (χ0n) is 10.7. The molecule has 3 aromatic rings. The third-order valence-corrected chi connectivity index (χ3v) is 3.17. The van der Waals surface area contributed by atoms with E-state index in [1.165, 1.54) is 0 Å². The fourth-order valence-corrected chi connectivity index (χ4v) is 2.20. The van der Waals surface area contributed by atoms with E-state index in [0.717, 1.165) is 22.4 Å². The van der Waals surface area contributed by atoms with E-state index in [1.54, 1.807) is 4.68 Å². The van der Waals surface area contributed by atoms with Gasteiger partial charge in [-0.15, -0.1) is 0 Å². The molecule has 0 aliphatic carbocycles. The van der Waals surface area contributed by atoms with Gasteiger partial charge in [-0.3, -0.25) is 10.5 Å². The van der Waals surface area contributed by atoms with Crippen molar-refractivity contribution in [1.82, 2.24) is 15.2 Å². The molecule has 0 radical (unpaired) electrons. The molecule has 5 heteroatoms. The van der Waals surface area contributed by atoms with Crippen LogP contribution in [0.1, 0.15) is 17.5 Å². The van der Waals surface area contributed by atoms with Crippen LogP contribution in [-0.4, -0.2) is 9.78 Å². The second-order valence-corrected chi connectivity index (χ2v) is 4.59. The molecule has 19 heavy (non-hydrogen) atoms. The maximum atomic E-state index is 5.82. The van der Waals surface area contributed by atoms with Gasteiger partial charge in [0.05, 0.1) is 11.7 Å². The molecule has 1 atom stereocenters. The molecule has 3 N–H and O–H groups in total. The molecule has 0 aliphatic heterocycles. The number of aryl methyl sites for hydroxylation is 1. The molecule has 5 nitrogen and oxygen atoms in total. The molecule has 1 unspecified atom stereocenters. The standard InChI is InChI=1S/C14H16N4O/c1-18-7-6-11(17-18)9-12(16-15)14-8-10-4-2-3-5-13(10)19-14/h2-8,12,16H,9,15H2,1H3. The fourth-order valence-electron chi connectivity index (χ4n) is 2.20. The van der Waals surface area contributed by atoms with Crippen molar-refractivity contribution in [3.05, 3.63) is 54.0 Å². The van der Waals surface area contributed by atoms with Gasteiger partial charge in [-0.1, -0.05) is 18.2 Å². The van der Waals surface area contributed by atoms with Crippen molar-refractivity contribution in [1.29, 1.82) is 0 Å². The number of para-hydroxylation sites is 1. The van der Waals surface area contributed by atoms with Gasteiger partial charge >= 0.3 is 0 Å². The topological polar surface area (TPSA) is 69.0 Å². The molecule has 2 aromatic heterocycles. The first-order valence-corrected chi connectivity index (χ1v) is 6.19. The third-order valence-electron chi connectivity index (χ3n) is 3.17. The number of nitrogens with zero attached hydrogens (tertiary/aromatic N) is 2. The van der Waals surface area contributed by atoms with Crippen molar-refractivity contribution < 1.29 is 4.42 Å². The molecular weight excluding hydrogens is 240 g/mol. The van der Waals surface area contributed by atoms with Crippen molar-refractivity contribution in [2.75, 3.05) is 0 Å². The molecule has 0 spiro atoms. The number of rotatable bonds is 4. The van der Waals surface area contributed by atoms with Crippen molar-refractivity contribution in [3.8, 4) is 0 Å². The van der Waals surface area contributed by atoms with Crippen molar-refractivity contribution in [2.45, 2.75) is 12.5 Å². The Labute approximate surface area is 111 Å². The van der Waals surface area contributed by atoms with E-state index in [4.69, 9.17) is 10.3 Å². The van der Waals surface area contributed by atoms with Gasteiger partial charge in [0.2, 0.25) is 0 Å². The highest BCUT2D eigenvalue weighted by Gasteiger charge is 2.16. The predicted octanol–water partition coefficient (Wildman–Crippen LogP) is 1.91. The molecule has 2 heterocycles. The SMILES string of the molecule is Cn1ccc(CC(NN)c2cc3ccccc3o2)n1. The van der Waals surface area contributed by atoms with E-state index in [9.17, 15) is 0 Å². The summed E-state index contributed by atoms with van der Waals surface area (Å²) in [6.45, 7) is 0. The van der Waals surface area contributed by atoms with Gasteiger partial charge in [0.1, 0.15) is 11.3 Å². The molecule has 98 valence electrons. The zero-order chi connectivity index (χ0) is 13.2. The molecular formula is C14H16N4O. The van der Waals surface area contributed by atoms with Gasteiger partial charge in [0, 0.05) is 25.1 Å². The highest BCUT2D eigenvalue weighted by atomic mass is 16.3. The lowest BCUT2D eigenvalue weighted by Crippen LogP contribution is -2.29. The average molecular weight is 256 g/mol. The maximum Gasteiger partial charge on any atom is 0.134 e. The largest absolute Gasteiger partial charge is 0.459 e. The normalized spacial score (nSPS) is 12.9. The van der Waals surface area contributed by atoms with Crippen molar-refractivity contribution >= 4 is 11.0 Å². The average Bonchev–Trinajstić information content (AvgIpc) is 3.01. The highest BCUT2D eigenvalue weighted by molar-refractivity contribution is 5.77. The number of aromatic nitrogens is 2.